The number of carbonyl (C=O) groups excluding carboxylic acids is 1. The van der Waals surface area contributed by atoms with Gasteiger partial charge < -0.3 is 5.32 Å². The molecule has 136 valence electrons. The van der Waals surface area contributed by atoms with Crippen LogP contribution in [0.25, 0.3) is 10.2 Å². The third kappa shape index (κ3) is 4.68. The Morgan fingerprint density at radius 2 is 1.89 bits per heavy atom. The van der Waals surface area contributed by atoms with Gasteiger partial charge in [0.05, 0.1) is 15.8 Å². The van der Waals surface area contributed by atoms with Crippen molar-refractivity contribution in [2.75, 3.05) is 0 Å². The minimum Gasteiger partial charge on any atom is -0.334 e. The van der Waals surface area contributed by atoms with Crippen molar-refractivity contribution in [3.05, 3.63) is 64.7 Å². The van der Waals surface area contributed by atoms with Crippen LogP contribution in [0.5, 0.6) is 0 Å². The van der Waals surface area contributed by atoms with Crippen molar-refractivity contribution >= 4 is 44.7 Å². The van der Waals surface area contributed by atoms with E-state index in [2.05, 4.69) is 22.1 Å². The summed E-state index contributed by atoms with van der Waals surface area (Å²) in [5.41, 5.74) is 3.51. The molecule has 1 aromatic heterocycles. The van der Waals surface area contributed by atoms with Crippen LogP contribution >= 0.6 is 23.6 Å². The highest BCUT2D eigenvalue weighted by atomic mass is 32.1. The average Bonchev–Trinajstić information content (AvgIpc) is 3.10. The first kappa shape index (κ1) is 19.0. The Hall–Kier alpha value is -2.79. The first-order valence-corrected chi connectivity index (χ1v) is 9.36. The van der Waals surface area contributed by atoms with Gasteiger partial charge in [0.2, 0.25) is 0 Å². The molecule has 0 atom stereocenters. The molecule has 7 heteroatoms. The molecule has 0 spiro atoms. The summed E-state index contributed by atoms with van der Waals surface area (Å²) in [6.07, 6.45) is 0. The number of nitrogens with zero attached hydrogens (tertiary/aromatic N) is 1. The fourth-order valence-electron chi connectivity index (χ4n) is 2.34. The summed E-state index contributed by atoms with van der Waals surface area (Å²) >= 11 is 6.31. The maximum atomic E-state index is 12.5. The smallest absolute Gasteiger partial charge is 0.281 e. The highest BCUT2D eigenvalue weighted by Crippen LogP contribution is 2.21. The standard InChI is InChI=1S/C20H17N3O2S2/c1-20(2,12-11-13-7-9-14(10-8-13)18(26)23-25)22-17(24)19-21-15-5-3-4-6-16(15)27-19/h3-10,25H,1-2H3,(H,22,24)(H,23,26). The van der Waals surface area contributed by atoms with E-state index in [4.69, 9.17) is 17.4 Å². The highest BCUT2D eigenvalue weighted by molar-refractivity contribution is 7.80. The molecule has 3 aromatic rings. The molecule has 2 aromatic carbocycles. The Morgan fingerprint density at radius 3 is 2.56 bits per heavy atom. The normalized spacial score (nSPS) is 10.8. The van der Waals surface area contributed by atoms with Crippen molar-refractivity contribution < 1.29 is 10.0 Å². The Kier molecular flexibility index (Phi) is 5.51. The zero-order valence-electron chi connectivity index (χ0n) is 14.7. The van der Waals surface area contributed by atoms with Gasteiger partial charge in [-0.2, -0.15) is 0 Å². The zero-order chi connectivity index (χ0) is 19.4. The molecule has 1 heterocycles. The van der Waals surface area contributed by atoms with Gasteiger partial charge in [0.25, 0.3) is 5.91 Å². The summed E-state index contributed by atoms with van der Waals surface area (Å²) in [7, 11) is 0. The molecule has 0 saturated heterocycles. The second-order valence-corrected chi connectivity index (χ2v) is 7.77. The Labute approximate surface area is 166 Å². The topological polar surface area (TPSA) is 74.2 Å². The van der Waals surface area contributed by atoms with Crippen molar-refractivity contribution in [3.63, 3.8) is 0 Å². The molecule has 5 nitrogen and oxygen atoms in total. The molecule has 0 aliphatic heterocycles. The van der Waals surface area contributed by atoms with Crippen LogP contribution in [0.1, 0.15) is 34.8 Å². The van der Waals surface area contributed by atoms with E-state index >= 15 is 0 Å². The molecule has 0 radical (unpaired) electrons. The van der Waals surface area contributed by atoms with Crippen molar-refractivity contribution in [2.24, 2.45) is 0 Å². The van der Waals surface area contributed by atoms with Crippen molar-refractivity contribution in [3.8, 4) is 11.8 Å². The van der Waals surface area contributed by atoms with E-state index in [1.807, 2.05) is 43.6 Å². The number of benzene rings is 2. The fourth-order valence-corrected chi connectivity index (χ4v) is 3.33. The lowest BCUT2D eigenvalue weighted by Gasteiger charge is -2.18. The predicted octanol–water partition coefficient (Wildman–Crippen LogP) is 3.51. The molecule has 0 bridgehead atoms. The number of nitrogens with one attached hydrogen (secondary N) is 2. The second kappa shape index (κ2) is 7.84. The lowest BCUT2D eigenvalue weighted by atomic mass is 10.0. The second-order valence-electron chi connectivity index (χ2n) is 6.33. The first-order valence-electron chi connectivity index (χ1n) is 8.14. The van der Waals surface area contributed by atoms with Crippen LogP contribution in [0.4, 0.5) is 0 Å². The summed E-state index contributed by atoms with van der Waals surface area (Å²) in [4.78, 5) is 17.1. The third-order valence-corrected chi connectivity index (χ3v) is 5.04. The number of aromatic nitrogens is 1. The van der Waals surface area contributed by atoms with E-state index in [9.17, 15) is 4.79 Å². The van der Waals surface area contributed by atoms with E-state index in [1.165, 1.54) is 11.3 Å². The van der Waals surface area contributed by atoms with Gasteiger partial charge in [-0.05, 0) is 38.1 Å². The lowest BCUT2D eigenvalue weighted by molar-refractivity contribution is 0.0929. The number of hydroxylamine groups is 1. The lowest BCUT2D eigenvalue weighted by Crippen LogP contribution is -2.42. The quantitative estimate of drug-likeness (QED) is 0.360. The molecule has 3 N–H and O–H groups in total. The van der Waals surface area contributed by atoms with Crippen LogP contribution < -0.4 is 10.8 Å². The molecular weight excluding hydrogens is 378 g/mol. The number of thiazole rings is 1. The van der Waals surface area contributed by atoms with Crippen LogP contribution in [-0.2, 0) is 0 Å². The highest BCUT2D eigenvalue weighted by Gasteiger charge is 2.21. The van der Waals surface area contributed by atoms with E-state index in [0.29, 0.717) is 10.6 Å². The Bertz CT molecular complexity index is 1030. The minimum atomic E-state index is -0.727. The Balaban J connectivity index is 1.72. The predicted molar refractivity (Wildman–Crippen MR) is 111 cm³/mol. The van der Waals surface area contributed by atoms with Gasteiger partial charge in [-0.1, -0.05) is 48.3 Å². The maximum Gasteiger partial charge on any atom is 0.281 e. The number of para-hydroxylation sites is 1. The maximum absolute atomic E-state index is 12.5. The van der Waals surface area contributed by atoms with E-state index in [-0.39, 0.29) is 10.9 Å². The summed E-state index contributed by atoms with van der Waals surface area (Å²) in [5.74, 6) is 5.87. The van der Waals surface area contributed by atoms with Gasteiger partial charge in [-0.25, -0.2) is 4.98 Å². The van der Waals surface area contributed by atoms with Gasteiger partial charge in [0.15, 0.2) is 5.01 Å². The van der Waals surface area contributed by atoms with Crippen LogP contribution in [0.15, 0.2) is 48.5 Å². The van der Waals surface area contributed by atoms with Gasteiger partial charge in [0.1, 0.15) is 4.99 Å². The van der Waals surface area contributed by atoms with Crippen molar-refractivity contribution in [2.45, 2.75) is 19.4 Å². The number of hydrogen-bond acceptors (Lipinski definition) is 5. The number of thiocarbonyl (C=S) groups is 1. The molecule has 0 saturated carbocycles. The van der Waals surface area contributed by atoms with Gasteiger partial charge in [-0.15, -0.1) is 11.3 Å². The largest absolute Gasteiger partial charge is 0.334 e. The zero-order valence-corrected chi connectivity index (χ0v) is 16.4. The Morgan fingerprint density at radius 1 is 1.19 bits per heavy atom. The molecule has 3 rings (SSSR count). The number of carbonyl (C=O) groups is 1. The number of rotatable bonds is 3. The monoisotopic (exact) mass is 395 g/mol. The van der Waals surface area contributed by atoms with E-state index in [1.54, 1.807) is 24.3 Å². The van der Waals surface area contributed by atoms with E-state index in [0.717, 1.165) is 15.8 Å². The van der Waals surface area contributed by atoms with Gasteiger partial charge in [-0.3, -0.25) is 15.5 Å². The van der Waals surface area contributed by atoms with Crippen molar-refractivity contribution in [1.29, 1.82) is 0 Å². The molecule has 0 fully saturated rings. The van der Waals surface area contributed by atoms with Crippen LogP contribution in [0.2, 0.25) is 0 Å². The fraction of sp³-hybridized carbons (Fsp3) is 0.150. The van der Waals surface area contributed by atoms with Crippen LogP contribution in [-0.4, -0.2) is 26.6 Å². The first-order chi connectivity index (χ1) is 12.9. The average molecular weight is 396 g/mol. The third-order valence-electron chi connectivity index (χ3n) is 3.68. The summed E-state index contributed by atoms with van der Waals surface area (Å²) in [6.45, 7) is 3.68. The summed E-state index contributed by atoms with van der Waals surface area (Å²) in [5, 5.41) is 12.2. The van der Waals surface area contributed by atoms with Crippen LogP contribution in [0.3, 0.4) is 0 Å². The van der Waals surface area contributed by atoms with Gasteiger partial charge >= 0.3 is 0 Å². The number of hydrogen-bond donors (Lipinski definition) is 3. The van der Waals surface area contributed by atoms with Crippen LogP contribution in [0, 0.1) is 11.8 Å². The van der Waals surface area contributed by atoms with Gasteiger partial charge in [0, 0.05) is 11.1 Å². The SMILES string of the molecule is CC(C)(C#Cc1ccc(C(=S)NO)cc1)NC(=O)c1nc2ccccc2s1. The number of amides is 1. The molecule has 27 heavy (non-hydrogen) atoms. The molecular formula is C20H17N3O2S2. The van der Waals surface area contributed by atoms with Crippen molar-refractivity contribution in [1.82, 2.24) is 15.8 Å². The molecule has 0 unspecified atom stereocenters. The summed E-state index contributed by atoms with van der Waals surface area (Å²) < 4.78 is 0.974. The molecule has 0 aliphatic carbocycles. The number of fused-ring (bicyclic) bond motifs is 1. The summed E-state index contributed by atoms with van der Waals surface area (Å²) in [6, 6.07) is 14.8. The minimum absolute atomic E-state index is 0.245. The molecule has 0 aliphatic rings. The van der Waals surface area contributed by atoms with E-state index < -0.39 is 5.54 Å². The molecule has 1 amide bonds.